The number of aryl methyl sites for hydroxylation is 2. The van der Waals surface area contributed by atoms with Crippen molar-refractivity contribution in [1.82, 2.24) is 0 Å². The molecule has 6 heteroatoms. The molecule has 0 saturated carbocycles. The van der Waals surface area contributed by atoms with Crippen LogP contribution in [0, 0.1) is 19.8 Å². The van der Waals surface area contributed by atoms with Gasteiger partial charge < -0.3 is 19.3 Å². The van der Waals surface area contributed by atoms with E-state index in [1.807, 2.05) is 48.5 Å². The summed E-state index contributed by atoms with van der Waals surface area (Å²) >= 11 is 0. The maximum Gasteiger partial charge on any atom is 0.338 e. The molecule has 0 bridgehead atoms. The van der Waals surface area contributed by atoms with Gasteiger partial charge in [-0.05, 0) is 170 Å². The Bertz CT molecular complexity index is 2890. The van der Waals surface area contributed by atoms with E-state index in [-0.39, 0.29) is 5.41 Å². The maximum atomic E-state index is 12.4. The van der Waals surface area contributed by atoms with E-state index in [0.29, 0.717) is 28.6 Å². The fourth-order valence-electron chi connectivity index (χ4n) is 8.88. The maximum absolute atomic E-state index is 12.4. The quantitative estimate of drug-likeness (QED) is 0.0547. The van der Waals surface area contributed by atoms with Crippen LogP contribution in [0.4, 0.5) is 34.1 Å². The van der Waals surface area contributed by atoms with Gasteiger partial charge in [-0.1, -0.05) is 142 Å². The van der Waals surface area contributed by atoms with Gasteiger partial charge in [0.1, 0.15) is 11.5 Å². The Kier molecular flexibility index (Phi) is 14.5. The zero-order valence-corrected chi connectivity index (χ0v) is 41.2. The van der Waals surface area contributed by atoms with Gasteiger partial charge in [-0.15, -0.1) is 0 Å². The summed E-state index contributed by atoms with van der Waals surface area (Å²) in [5.41, 5.74) is 15.6. The van der Waals surface area contributed by atoms with Crippen LogP contribution in [-0.2, 0) is 15.0 Å². The Morgan fingerprint density at radius 1 is 0.429 bits per heavy atom. The highest BCUT2D eigenvalue weighted by molar-refractivity contribution is 5.90. The van der Waals surface area contributed by atoms with Crippen LogP contribution in [0.1, 0.15) is 63.3 Å². The second-order valence-corrected chi connectivity index (χ2v) is 18.8. The number of benzene rings is 8. The molecule has 0 radical (unpaired) electrons. The third-order valence-corrected chi connectivity index (χ3v) is 12.7. The minimum absolute atomic E-state index is 0.324. The van der Waals surface area contributed by atoms with Crippen molar-refractivity contribution in [3.8, 4) is 33.8 Å². The summed E-state index contributed by atoms with van der Waals surface area (Å²) in [5, 5.41) is 0. The third-order valence-electron chi connectivity index (χ3n) is 12.7. The van der Waals surface area contributed by atoms with Crippen molar-refractivity contribution < 1.29 is 19.1 Å². The van der Waals surface area contributed by atoms with Crippen molar-refractivity contribution in [2.24, 2.45) is 5.92 Å². The molecule has 0 aliphatic carbocycles. The highest BCUT2D eigenvalue weighted by Gasteiger charge is 2.31. The SMILES string of the molecule is C=C(C)C(=O)Oc1ccc(N(c2ccc(-c3ccc(C)cc3)cc2)c2ccc(C(C)(CC(C)C)c3ccc(N(c4ccc(OC(=O)C(=C)C)cc4)c4ccc(-c5ccc(C)cc5)cc4)cc3)cc2)cc1. The van der Waals surface area contributed by atoms with Gasteiger partial charge in [0, 0.05) is 50.7 Å². The molecule has 0 amide bonds. The van der Waals surface area contributed by atoms with Gasteiger partial charge in [0.15, 0.2) is 0 Å². The highest BCUT2D eigenvalue weighted by Crippen LogP contribution is 2.43. The molecule has 0 aromatic heterocycles. The first-order chi connectivity index (χ1) is 33.6. The zero-order valence-electron chi connectivity index (χ0n) is 41.2. The van der Waals surface area contributed by atoms with Crippen molar-refractivity contribution in [1.29, 1.82) is 0 Å². The molecule has 8 aromatic rings. The van der Waals surface area contributed by atoms with Gasteiger partial charge in [0.25, 0.3) is 0 Å². The van der Waals surface area contributed by atoms with Crippen LogP contribution in [0.15, 0.2) is 218 Å². The van der Waals surface area contributed by atoms with Crippen LogP contribution in [0.3, 0.4) is 0 Å². The Hall–Kier alpha value is -8.22. The van der Waals surface area contributed by atoms with E-state index in [2.05, 4.69) is 203 Å². The van der Waals surface area contributed by atoms with Crippen molar-refractivity contribution in [2.75, 3.05) is 9.80 Å². The number of hydrogen-bond acceptors (Lipinski definition) is 6. The van der Waals surface area contributed by atoms with E-state index in [0.717, 1.165) is 62.8 Å². The van der Waals surface area contributed by atoms with E-state index in [4.69, 9.17) is 9.47 Å². The second kappa shape index (κ2) is 21.0. The lowest BCUT2D eigenvalue weighted by Crippen LogP contribution is -2.26. The molecule has 0 atom stereocenters. The topological polar surface area (TPSA) is 59.1 Å². The first-order valence-corrected chi connectivity index (χ1v) is 23.8. The van der Waals surface area contributed by atoms with Crippen LogP contribution in [-0.4, -0.2) is 11.9 Å². The van der Waals surface area contributed by atoms with Crippen molar-refractivity contribution >= 4 is 46.1 Å². The van der Waals surface area contributed by atoms with Crippen LogP contribution in [0.25, 0.3) is 22.3 Å². The molecule has 0 heterocycles. The Morgan fingerprint density at radius 2 is 0.671 bits per heavy atom. The summed E-state index contributed by atoms with van der Waals surface area (Å²) < 4.78 is 11.1. The summed E-state index contributed by atoms with van der Waals surface area (Å²) in [4.78, 5) is 29.1. The first-order valence-electron chi connectivity index (χ1n) is 23.8. The lowest BCUT2D eigenvalue weighted by Gasteiger charge is -2.34. The standard InChI is InChI=1S/C64H60N2O4/c1-43(2)42-64(9,52-22-30-56(31-23-52)65(58-34-38-60(39-35-58)69-62(67)44(3)4)54-26-18-50(19-27-54)48-14-10-46(7)11-15-48)53-24-32-57(33-25-53)66(59-36-40-61(41-37-59)70-63(68)45(5)6)55-28-20-51(21-29-55)49-16-12-47(8)13-17-49/h10-41,43H,3,5,42H2,1-2,4,6-9H3. The molecule has 350 valence electrons. The summed E-state index contributed by atoms with van der Waals surface area (Å²) in [6, 6.07) is 67.4. The molecule has 0 aliphatic rings. The third kappa shape index (κ3) is 11.0. The number of anilines is 6. The van der Waals surface area contributed by atoms with E-state index in [1.54, 1.807) is 13.8 Å². The highest BCUT2D eigenvalue weighted by atomic mass is 16.5. The van der Waals surface area contributed by atoms with Gasteiger partial charge >= 0.3 is 11.9 Å². The summed E-state index contributed by atoms with van der Waals surface area (Å²) in [7, 11) is 0. The van der Waals surface area contributed by atoms with Gasteiger partial charge in [-0.3, -0.25) is 0 Å². The average Bonchev–Trinajstić information content (AvgIpc) is 3.36. The normalized spacial score (nSPS) is 11.2. The molecule has 8 aromatic carbocycles. The number of nitrogens with zero attached hydrogens (tertiary/aromatic N) is 2. The molecule has 70 heavy (non-hydrogen) atoms. The van der Waals surface area contributed by atoms with Crippen LogP contribution in [0.5, 0.6) is 11.5 Å². The predicted molar refractivity (Wildman–Crippen MR) is 289 cm³/mol. The molecule has 0 fully saturated rings. The van der Waals surface area contributed by atoms with Crippen LogP contribution < -0.4 is 19.3 Å². The molecule has 0 spiro atoms. The summed E-state index contributed by atoms with van der Waals surface area (Å²) in [6.45, 7) is 21.8. The number of ether oxygens (including phenoxy) is 2. The Labute approximate surface area is 413 Å². The average molecular weight is 921 g/mol. The molecule has 0 saturated heterocycles. The van der Waals surface area contributed by atoms with Gasteiger partial charge in [-0.25, -0.2) is 9.59 Å². The number of hydrogen-bond donors (Lipinski definition) is 0. The molecule has 0 unspecified atom stereocenters. The van der Waals surface area contributed by atoms with E-state index in [9.17, 15) is 9.59 Å². The number of carbonyl (C=O) groups excluding carboxylic acids is 2. The molecule has 8 rings (SSSR count). The summed E-state index contributed by atoms with van der Waals surface area (Å²) in [5.74, 6) is 0.405. The number of esters is 2. The van der Waals surface area contributed by atoms with Crippen LogP contribution in [0.2, 0.25) is 0 Å². The smallest absolute Gasteiger partial charge is 0.338 e. The van der Waals surface area contributed by atoms with E-state index in [1.165, 1.54) is 22.3 Å². The van der Waals surface area contributed by atoms with Gasteiger partial charge in [-0.2, -0.15) is 0 Å². The lowest BCUT2D eigenvalue weighted by atomic mass is 9.71. The van der Waals surface area contributed by atoms with Crippen molar-refractivity contribution in [2.45, 2.75) is 60.3 Å². The molecular weight excluding hydrogens is 861 g/mol. The van der Waals surface area contributed by atoms with Crippen molar-refractivity contribution in [3.63, 3.8) is 0 Å². The van der Waals surface area contributed by atoms with Crippen molar-refractivity contribution in [3.05, 3.63) is 241 Å². The molecule has 0 N–H and O–H groups in total. The van der Waals surface area contributed by atoms with Crippen LogP contribution >= 0.6 is 0 Å². The molecule has 0 aliphatic heterocycles. The first kappa shape index (κ1) is 48.2. The Morgan fingerprint density at radius 3 is 0.929 bits per heavy atom. The lowest BCUT2D eigenvalue weighted by molar-refractivity contribution is -0.130. The van der Waals surface area contributed by atoms with Gasteiger partial charge in [0.2, 0.25) is 0 Å². The zero-order chi connectivity index (χ0) is 49.5. The minimum Gasteiger partial charge on any atom is -0.423 e. The molecule has 6 nitrogen and oxygen atoms in total. The number of rotatable bonds is 16. The number of carbonyl (C=O) groups is 2. The second-order valence-electron chi connectivity index (χ2n) is 18.8. The summed E-state index contributed by atoms with van der Waals surface area (Å²) in [6.07, 6.45) is 0.925. The Balaban J connectivity index is 1.13. The molecular formula is C64H60N2O4. The van der Waals surface area contributed by atoms with Gasteiger partial charge in [0.05, 0.1) is 0 Å². The van der Waals surface area contributed by atoms with E-state index < -0.39 is 11.9 Å². The fraction of sp³-hybridized carbons (Fsp3) is 0.156. The largest absolute Gasteiger partial charge is 0.423 e. The van der Waals surface area contributed by atoms with E-state index >= 15 is 0 Å². The minimum atomic E-state index is -0.456. The fourth-order valence-corrected chi connectivity index (χ4v) is 8.88. The predicted octanol–water partition coefficient (Wildman–Crippen LogP) is 16.9. The monoisotopic (exact) mass is 920 g/mol.